The minimum absolute atomic E-state index is 0.404. The summed E-state index contributed by atoms with van der Waals surface area (Å²) in [7, 11) is 1.21. The Morgan fingerprint density at radius 3 is 2.33 bits per heavy atom. The van der Waals surface area contributed by atoms with Crippen molar-refractivity contribution in [1.82, 2.24) is 14.4 Å². The fraction of sp³-hybridized carbons (Fsp3) is 0.263. The number of hydrogen-bond acceptors (Lipinski definition) is 4. The maximum absolute atomic E-state index is 12.7. The third-order valence-corrected chi connectivity index (χ3v) is 5.08. The van der Waals surface area contributed by atoms with Crippen LogP contribution in [0.15, 0.2) is 30.3 Å². The fourth-order valence-electron chi connectivity index (χ4n) is 3.11. The molecule has 0 aliphatic carbocycles. The average Bonchev–Trinajstić information content (AvgIpc) is 3.01. The Balaban J connectivity index is 1.85. The summed E-state index contributed by atoms with van der Waals surface area (Å²) in [6.07, 6.45) is 0. The predicted molar refractivity (Wildman–Crippen MR) is 98.7 cm³/mol. The molecule has 1 fully saturated rings. The number of aryl methyl sites for hydroxylation is 1. The number of hydrogen-bond donors (Lipinski definition) is 0. The van der Waals surface area contributed by atoms with Gasteiger partial charge in [-0.3, -0.25) is 19.3 Å². The van der Waals surface area contributed by atoms with Gasteiger partial charge in [0.1, 0.15) is 0 Å². The highest BCUT2D eigenvalue weighted by Crippen LogP contribution is 2.22. The second-order valence-electron chi connectivity index (χ2n) is 6.42. The summed E-state index contributed by atoms with van der Waals surface area (Å²) in [6, 6.07) is 8.37. The first-order valence-corrected chi connectivity index (χ1v) is 8.67. The maximum atomic E-state index is 12.7. The monoisotopic (exact) mass is 387 g/mol. The lowest BCUT2D eigenvalue weighted by Crippen LogP contribution is -2.36. The van der Waals surface area contributed by atoms with E-state index >= 15 is 0 Å². The second kappa shape index (κ2) is 7.00. The number of amides is 4. The Labute approximate surface area is 161 Å². The summed E-state index contributed by atoms with van der Waals surface area (Å²) in [6.45, 7) is 3.68. The summed E-state index contributed by atoms with van der Waals surface area (Å²) in [5.74, 6) is -2.32. The van der Waals surface area contributed by atoms with E-state index in [4.69, 9.17) is 11.6 Å². The first kappa shape index (κ1) is 18.8. The number of carbonyl (C=O) groups excluding carboxylic acids is 4. The van der Waals surface area contributed by atoms with Gasteiger partial charge in [-0.15, -0.1) is 0 Å². The van der Waals surface area contributed by atoms with Crippen molar-refractivity contribution in [2.24, 2.45) is 0 Å². The zero-order valence-electron chi connectivity index (χ0n) is 15.2. The molecule has 0 radical (unpaired) electrons. The third kappa shape index (κ3) is 3.26. The quantitative estimate of drug-likeness (QED) is 0.448. The molecule has 8 heteroatoms. The van der Waals surface area contributed by atoms with E-state index in [1.807, 2.05) is 29.7 Å². The van der Waals surface area contributed by atoms with Crippen molar-refractivity contribution in [3.63, 3.8) is 0 Å². The lowest BCUT2D eigenvalue weighted by Gasteiger charge is -2.13. The molecule has 4 amide bonds. The van der Waals surface area contributed by atoms with Crippen LogP contribution in [0.25, 0.3) is 0 Å². The number of urea groups is 1. The smallest absolute Gasteiger partial charge is 0.334 e. The Bertz CT molecular complexity index is 979. The zero-order valence-corrected chi connectivity index (χ0v) is 15.9. The Morgan fingerprint density at radius 1 is 1.07 bits per heavy atom. The van der Waals surface area contributed by atoms with Gasteiger partial charge >= 0.3 is 17.8 Å². The number of likely N-dealkylation sites (N-methyl/N-ethyl adjacent to an activating group) is 1. The van der Waals surface area contributed by atoms with Crippen LogP contribution in [0, 0.1) is 13.8 Å². The minimum atomic E-state index is -0.985. The Morgan fingerprint density at radius 2 is 1.74 bits per heavy atom. The molecule has 0 unspecified atom stereocenters. The molecule has 1 aliphatic rings. The van der Waals surface area contributed by atoms with Crippen molar-refractivity contribution in [2.75, 3.05) is 13.6 Å². The molecule has 1 aromatic heterocycles. The SMILES string of the molecule is Cc1cc(C(=O)CN2C(=O)C(=O)N(C)C2=O)c(C)n1Cc1ccccc1Cl. The van der Waals surface area contributed by atoms with Gasteiger partial charge in [0.2, 0.25) is 0 Å². The van der Waals surface area contributed by atoms with E-state index in [0.29, 0.717) is 32.6 Å². The van der Waals surface area contributed by atoms with Crippen molar-refractivity contribution in [2.45, 2.75) is 20.4 Å². The lowest BCUT2D eigenvalue weighted by molar-refractivity contribution is -0.142. The number of Topliss-reactive ketones (excluding diaryl/α,β-unsaturated/α-hetero) is 1. The van der Waals surface area contributed by atoms with Gasteiger partial charge in [-0.2, -0.15) is 0 Å². The summed E-state index contributed by atoms with van der Waals surface area (Å²) in [5, 5.41) is 0.632. The van der Waals surface area contributed by atoms with Crippen molar-refractivity contribution in [3.8, 4) is 0 Å². The van der Waals surface area contributed by atoms with Crippen LogP contribution < -0.4 is 0 Å². The average molecular weight is 388 g/mol. The van der Waals surface area contributed by atoms with Gasteiger partial charge in [-0.25, -0.2) is 9.69 Å². The molecule has 0 atom stereocenters. The Kier molecular flexibility index (Phi) is 4.89. The molecule has 27 heavy (non-hydrogen) atoms. The molecule has 0 bridgehead atoms. The molecule has 1 aliphatic heterocycles. The molecule has 2 heterocycles. The first-order chi connectivity index (χ1) is 12.7. The number of aromatic nitrogens is 1. The van der Waals surface area contributed by atoms with E-state index in [2.05, 4.69) is 0 Å². The summed E-state index contributed by atoms with van der Waals surface area (Å²) in [4.78, 5) is 49.5. The summed E-state index contributed by atoms with van der Waals surface area (Å²) < 4.78 is 1.94. The van der Waals surface area contributed by atoms with Crippen molar-refractivity contribution < 1.29 is 19.2 Å². The lowest BCUT2D eigenvalue weighted by atomic mass is 10.1. The predicted octanol–water partition coefficient (Wildman–Crippen LogP) is 2.41. The van der Waals surface area contributed by atoms with E-state index in [-0.39, 0.29) is 0 Å². The van der Waals surface area contributed by atoms with Gasteiger partial charge < -0.3 is 4.57 Å². The number of halogens is 1. The van der Waals surface area contributed by atoms with Crippen molar-refractivity contribution in [3.05, 3.63) is 57.9 Å². The number of ketones is 1. The van der Waals surface area contributed by atoms with Crippen molar-refractivity contribution in [1.29, 1.82) is 0 Å². The second-order valence-corrected chi connectivity index (χ2v) is 6.83. The molecule has 1 saturated heterocycles. The summed E-state index contributed by atoms with van der Waals surface area (Å²) in [5.41, 5.74) is 2.87. The third-order valence-electron chi connectivity index (χ3n) is 4.71. The van der Waals surface area contributed by atoms with Crippen LogP contribution in [-0.4, -0.2) is 51.6 Å². The molecule has 1 aromatic carbocycles. The highest BCUT2D eigenvalue weighted by atomic mass is 35.5. The highest BCUT2D eigenvalue weighted by Gasteiger charge is 2.43. The van der Waals surface area contributed by atoms with Crippen LogP contribution in [-0.2, 0) is 16.1 Å². The summed E-state index contributed by atoms with van der Waals surface area (Å²) >= 11 is 6.22. The van der Waals surface area contributed by atoms with Gasteiger partial charge in [-0.05, 0) is 31.5 Å². The maximum Gasteiger partial charge on any atom is 0.334 e. The molecule has 140 valence electrons. The fourth-order valence-corrected chi connectivity index (χ4v) is 3.30. The molecule has 0 spiro atoms. The molecule has 0 N–H and O–H groups in total. The molecular weight excluding hydrogens is 370 g/mol. The molecular formula is C19H18ClN3O4. The Hall–Kier alpha value is -2.93. The van der Waals surface area contributed by atoms with Crippen LogP contribution in [0.3, 0.4) is 0 Å². The zero-order chi connectivity index (χ0) is 19.9. The first-order valence-electron chi connectivity index (χ1n) is 8.29. The van der Waals surface area contributed by atoms with Crippen LogP contribution in [0.2, 0.25) is 5.02 Å². The van der Waals surface area contributed by atoms with Crippen LogP contribution in [0.5, 0.6) is 0 Å². The molecule has 0 saturated carbocycles. The molecule has 7 nitrogen and oxygen atoms in total. The van der Waals surface area contributed by atoms with Gasteiger partial charge in [-0.1, -0.05) is 29.8 Å². The normalized spacial score (nSPS) is 14.4. The van der Waals surface area contributed by atoms with Gasteiger partial charge in [0.25, 0.3) is 0 Å². The van der Waals surface area contributed by atoms with E-state index in [1.165, 1.54) is 7.05 Å². The van der Waals surface area contributed by atoms with E-state index in [0.717, 1.165) is 11.3 Å². The number of imide groups is 2. The van der Waals surface area contributed by atoms with Gasteiger partial charge in [0.15, 0.2) is 5.78 Å². The van der Waals surface area contributed by atoms with Crippen LogP contribution in [0.4, 0.5) is 4.79 Å². The number of nitrogens with zero attached hydrogens (tertiary/aromatic N) is 3. The number of carbonyl (C=O) groups is 4. The molecule has 3 rings (SSSR count). The largest absolute Gasteiger partial charge is 0.344 e. The van der Waals surface area contributed by atoms with Crippen LogP contribution >= 0.6 is 11.6 Å². The number of rotatable bonds is 5. The number of benzene rings is 1. The topological polar surface area (TPSA) is 79.7 Å². The van der Waals surface area contributed by atoms with E-state index in [1.54, 1.807) is 19.1 Å². The highest BCUT2D eigenvalue weighted by molar-refractivity contribution is 6.45. The standard InChI is InChI=1S/C19H18ClN3O4/c1-11-8-14(12(2)22(11)9-13-6-4-5-7-15(13)20)16(24)10-23-18(26)17(25)21(3)19(23)27/h4-8H,9-10H2,1-3H3. The van der Waals surface area contributed by atoms with Crippen molar-refractivity contribution >= 4 is 35.2 Å². The van der Waals surface area contributed by atoms with Crippen LogP contribution in [0.1, 0.15) is 27.3 Å². The molecule has 2 aromatic rings. The van der Waals surface area contributed by atoms with E-state index in [9.17, 15) is 19.2 Å². The van der Waals surface area contributed by atoms with Gasteiger partial charge in [0, 0.05) is 35.6 Å². The minimum Gasteiger partial charge on any atom is -0.344 e. The van der Waals surface area contributed by atoms with Gasteiger partial charge in [0.05, 0.1) is 6.54 Å². The van der Waals surface area contributed by atoms with E-state index < -0.39 is 30.2 Å².